The highest BCUT2D eigenvalue weighted by Gasteiger charge is 2.25. The molecule has 0 aliphatic carbocycles. The first-order valence-corrected chi connectivity index (χ1v) is 10.8. The van der Waals surface area contributed by atoms with Gasteiger partial charge in [-0.25, -0.2) is 4.79 Å². The molecule has 1 amide bonds. The molecular formula is C21H27N3O7S. The van der Waals surface area contributed by atoms with E-state index in [1.807, 2.05) is 6.26 Å². The largest absolute Gasteiger partial charge is 0.493 e. The molecule has 0 saturated carbocycles. The topological polar surface area (TPSA) is 150 Å². The molecular weight excluding hydrogens is 438 g/mol. The number of hydrogen-bond acceptors (Lipinski definition) is 10. The molecule has 0 aliphatic heterocycles. The second-order valence-electron chi connectivity index (χ2n) is 6.42. The molecule has 0 radical (unpaired) electrons. The summed E-state index contributed by atoms with van der Waals surface area (Å²) in [6, 6.07) is 3.56. The number of thioether (sulfide) groups is 1. The van der Waals surface area contributed by atoms with Crippen molar-refractivity contribution >= 4 is 29.4 Å². The minimum Gasteiger partial charge on any atom is -0.493 e. The van der Waals surface area contributed by atoms with Crippen molar-refractivity contribution < 1.29 is 33.3 Å². The molecule has 1 unspecified atom stereocenters. The zero-order chi connectivity index (χ0) is 24.3. The smallest absolute Gasteiger partial charge is 0.329 e. The van der Waals surface area contributed by atoms with Gasteiger partial charge in [-0.05, 0) is 37.5 Å². The van der Waals surface area contributed by atoms with Crippen LogP contribution in [0.1, 0.15) is 23.7 Å². The van der Waals surface area contributed by atoms with E-state index in [1.165, 1.54) is 52.1 Å². The van der Waals surface area contributed by atoms with Gasteiger partial charge < -0.3 is 30.0 Å². The maximum absolute atomic E-state index is 12.8. The van der Waals surface area contributed by atoms with E-state index in [-0.39, 0.29) is 34.8 Å². The van der Waals surface area contributed by atoms with E-state index in [0.29, 0.717) is 11.5 Å². The molecule has 0 spiro atoms. The summed E-state index contributed by atoms with van der Waals surface area (Å²) < 4.78 is 20.8. The van der Waals surface area contributed by atoms with Crippen molar-refractivity contribution in [3.05, 3.63) is 29.0 Å². The maximum atomic E-state index is 12.8. The van der Waals surface area contributed by atoms with Gasteiger partial charge in [0.2, 0.25) is 11.5 Å². The van der Waals surface area contributed by atoms with Gasteiger partial charge in [0.25, 0.3) is 5.91 Å². The number of ether oxygens (including phenoxy) is 4. The lowest BCUT2D eigenvalue weighted by atomic mass is 10.1. The summed E-state index contributed by atoms with van der Waals surface area (Å²) >= 11 is 1.47. The van der Waals surface area contributed by atoms with Crippen LogP contribution in [0.5, 0.6) is 17.2 Å². The van der Waals surface area contributed by atoms with Crippen molar-refractivity contribution in [2.24, 2.45) is 5.73 Å². The average Bonchev–Trinajstić information content (AvgIpc) is 2.78. The van der Waals surface area contributed by atoms with Gasteiger partial charge in [-0.15, -0.1) is 0 Å². The summed E-state index contributed by atoms with van der Waals surface area (Å²) in [6.45, 7) is 0.739. The van der Waals surface area contributed by atoms with Gasteiger partial charge in [0.15, 0.2) is 18.1 Å². The van der Waals surface area contributed by atoms with Gasteiger partial charge >= 0.3 is 5.97 Å². The summed E-state index contributed by atoms with van der Waals surface area (Å²) in [4.78, 5) is 37.4. The third kappa shape index (κ3) is 7.09. The highest BCUT2D eigenvalue weighted by molar-refractivity contribution is 7.98. The van der Waals surface area contributed by atoms with Crippen LogP contribution < -0.4 is 25.3 Å². The van der Waals surface area contributed by atoms with Crippen molar-refractivity contribution in [1.29, 1.82) is 5.26 Å². The van der Waals surface area contributed by atoms with Gasteiger partial charge in [0.1, 0.15) is 17.7 Å². The first-order chi connectivity index (χ1) is 15.2. The third-order valence-corrected chi connectivity index (χ3v) is 4.90. The fraction of sp³-hybridized carbons (Fsp3) is 0.429. The van der Waals surface area contributed by atoms with E-state index in [4.69, 9.17) is 29.9 Å². The van der Waals surface area contributed by atoms with Crippen molar-refractivity contribution in [1.82, 2.24) is 5.32 Å². The highest BCUT2D eigenvalue weighted by atomic mass is 32.2. The summed E-state index contributed by atoms with van der Waals surface area (Å²) in [6.07, 6.45) is 2.11. The van der Waals surface area contributed by atoms with Crippen LogP contribution in [-0.4, -0.2) is 63.6 Å². The third-order valence-electron chi connectivity index (χ3n) is 4.26. The van der Waals surface area contributed by atoms with Crippen LogP contribution in [0.3, 0.4) is 0 Å². The molecule has 1 aromatic rings. The normalized spacial score (nSPS) is 12.0. The molecule has 0 aliphatic rings. The van der Waals surface area contributed by atoms with Crippen LogP contribution in [0, 0.1) is 11.3 Å². The molecule has 0 heterocycles. The monoisotopic (exact) mass is 465 g/mol. The van der Waals surface area contributed by atoms with E-state index in [1.54, 1.807) is 6.07 Å². The average molecular weight is 466 g/mol. The number of methoxy groups -OCH3 is 3. The molecule has 1 aromatic carbocycles. The fourth-order valence-corrected chi connectivity index (χ4v) is 3.09. The molecule has 10 nitrogen and oxygen atoms in total. The van der Waals surface area contributed by atoms with Crippen LogP contribution in [0.4, 0.5) is 0 Å². The van der Waals surface area contributed by atoms with E-state index < -0.39 is 30.3 Å². The van der Waals surface area contributed by atoms with Gasteiger partial charge in [-0.1, -0.05) is 0 Å². The Bertz CT molecular complexity index is 895. The zero-order valence-electron chi connectivity index (χ0n) is 18.6. The number of nitrogens with one attached hydrogen (secondary N) is 1. The number of esters is 1. The molecule has 1 rings (SSSR count). The van der Waals surface area contributed by atoms with E-state index in [2.05, 4.69) is 5.32 Å². The Hall–Kier alpha value is -3.39. The number of carbonyl (C=O) groups excluding carboxylic acids is 3. The Morgan fingerprint density at radius 3 is 2.19 bits per heavy atom. The predicted octanol–water partition coefficient (Wildman–Crippen LogP) is 1.43. The van der Waals surface area contributed by atoms with Gasteiger partial charge in [0, 0.05) is 11.3 Å². The Balaban J connectivity index is 3.03. The number of allylic oxidation sites excluding steroid dienone is 1. The van der Waals surface area contributed by atoms with E-state index in [9.17, 15) is 14.4 Å². The summed E-state index contributed by atoms with van der Waals surface area (Å²) in [7, 11) is 4.28. The number of amides is 1. The lowest BCUT2D eigenvalue weighted by molar-refractivity contribution is -0.149. The molecule has 0 bridgehead atoms. The standard InChI is InChI=1S/C21H27N3O7S/c1-12(23)14(10-22)16(25)11-31-21(27)15(6-7-32-5)24-20(26)13-8-17(28-2)19(30-4)18(9-13)29-3/h8-9,15H,6-7,11,23H2,1-5H3,(H,24,26). The molecule has 174 valence electrons. The van der Waals surface area contributed by atoms with E-state index in [0.717, 1.165) is 0 Å². The predicted molar refractivity (Wildman–Crippen MR) is 119 cm³/mol. The first-order valence-electron chi connectivity index (χ1n) is 9.40. The highest BCUT2D eigenvalue weighted by Crippen LogP contribution is 2.38. The van der Waals surface area contributed by atoms with Gasteiger partial charge in [0.05, 0.1) is 21.3 Å². The number of nitriles is 1. The second kappa shape index (κ2) is 13.1. The van der Waals surface area contributed by atoms with Crippen molar-refractivity contribution in [2.45, 2.75) is 19.4 Å². The van der Waals surface area contributed by atoms with Crippen LogP contribution in [0.2, 0.25) is 0 Å². The minimum atomic E-state index is -1.02. The summed E-state index contributed by atoms with van der Waals surface area (Å²) in [5.41, 5.74) is 5.41. The number of Topliss-reactive ketones (excluding diaryl/α,β-unsaturated/α-hetero) is 1. The number of carbonyl (C=O) groups is 3. The number of benzene rings is 1. The number of rotatable bonds is 12. The molecule has 1 atom stereocenters. The van der Waals surface area contributed by atoms with Crippen LogP contribution >= 0.6 is 11.8 Å². The Morgan fingerprint density at radius 2 is 1.75 bits per heavy atom. The minimum absolute atomic E-state index is 0.0307. The zero-order valence-corrected chi connectivity index (χ0v) is 19.5. The Morgan fingerprint density at radius 1 is 1.16 bits per heavy atom. The Kier molecular flexibility index (Phi) is 10.9. The molecule has 3 N–H and O–H groups in total. The summed E-state index contributed by atoms with van der Waals surface area (Å²) in [5, 5.41) is 11.6. The molecule has 0 aromatic heterocycles. The van der Waals surface area contributed by atoms with Crippen molar-refractivity contribution in [3.8, 4) is 23.3 Å². The number of hydrogen-bond donors (Lipinski definition) is 2. The lowest BCUT2D eigenvalue weighted by Gasteiger charge is -2.18. The lowest BCUT2D eigenvalue weighted by Crippen LogP contribution is -2.42. The molecule has 0 fully saturated rings. The van der Waals surface area contributed by atoms with Gasteiger partial charge in [-0.3, -0.25) is 9.59 Å². The van der Waals surface area contributed by atoms with Crippen LogP contribution in [-0.2, 0) is 14.3 Å². The fourth-order valence-electron chi connectivity index (χ4n) is 2.62. The van der Waals surface area contributed by atoms with Crippen LogP contribution in [0.15, 0.2) is 23.4 Å². The quantitative estimate of drug-likeness (QED) is 0.264. The van der Waals surface area contributed by atoms with Crippen molar-refractivity contribution in [3.63, 3.8) is 0 Å². The van der Waals surface area contributed by atoms with E-state index >= 15 is 0 Å². The first kappa shape index (κ1) is 26.6. The summed E-state index contributed by atoms with van der Waals surface area (Å²) in [5.74, 6) is -0.679. The van der Waals surface area contributed by atoms with Crippen molar-refractivity contribution in [2.75, 3.05) is 39.9 Å². The SMILES string of the molecule is COc1cc(C(=O)NC(CCSC)C(=O)OCC(=O)C(C#N)=C(C)N)cc(OC)c1OC. The Labute approximate surface area is 191 Å². The molecule has 11 heteroatoms. The van der Waals surface area contributed by atoms with Gasteiger partial charge in [-0.2, -0.15) is 17.0 Å². The van der Waals surface area contributed by atoms with Crippen LogP contribution in [0.25, 0.3) is 0 Å². The maximum Gasteiger partial charge on any atom is 0.329 e. The number of nitrogens with two attached hydrogens (primary N) is 1. The second-order valence-corrected chi connectivity index (χ2v) is 7.41. The number of nitrogens with zero attached hydrogens (tertiary/aromatic N) is 1. The number of ketones is 1. The molecule has 0 saturated heterocycles. The molecule has 32 heavy (non-hydrogen) atoms.